The Hall–Kier alpha value is -3.14. The predicted molar refractivity (Wildman–Crippen MR) is 169 cm³/mol. The van der Waals surface area contributed by atoms with E-state index in [-0.39, 0.29) is 55.9 Å². The molecule has 1 saturated carbocycles. The predicted octanol–water partition coefficient (Wildman–Crippen LogP) is 6.38. The van der Waals surface area contributed by atoms with Crippen molar-refractivity contribution in [3.63, 3.8) is 0 Å². The summed E-state index contributed by atoms with van der Waals surface area (Å²) >= 11 is 12.4. The van der Waals surface area contributed by atoms with Crippen molar-refractivity contribution >= 4 is 50.7 Å². The van der Waals surface area contributed by atoms with Crippen LogP contribution in [-0.2, 0) is 32.6 Å². The van der Waals surface area contributed by atoms with E-state index in [4.69, 9.17) is 23.2 Å². The zero-order valence-electron chi connectivity index (χ0n) is 24.0. The SMILES string of the molecule is CS(=O)(=O)N(CCCC(=O)N(Cc1ccc(Cl)c(Cl)c1)C(Cc1ccccc1)C(=O)NC1CCCC1)c1ccccc1F. The molecule has 43 heavy (non-hydrogen) atoms. The van der Waals surface area contributed by atoms with Gasteiger partial charge in [0.2, 0.25) is 21.8 Å². The van der Waals surface area contributed by atoms with Crippen LogP contribution in [-0.4, -0.2) is 50.0 Å². The Labute approximate surface area is 263 Å². The molecular weight excluding hydrogens is 612 g/mol. The molecule has 2 amide bonds. The molecule has 0 heterocycles. The number of nitrogens with one attached hydrogen (secondary N) is 1. The maximum Gasteiger partial charge on any atom is 0.243 e. The van der Waals surface area contributed by atoms with Crippen LogP contribution in [0, 0.1) is 5.82 Å². The summed E-state index contributed by atoms with van der Waals surface area (Å²) < 4.78 is 40.6. The number of sulfonamides is 1. The molecule has 230 valence electrons. The highest BCUT2D eigenvalue weighted by molar-refractivity contribution is 7.92. The zero-order valence-corrected chi connectivity index (χ0v) is 26.3. The van der Waals surface area contributed by atoms with Crippen molar-refractivity contribution < 1.29 is 22.4 Å². The van der Waals surface area contributed by atoms with Gasteiger partial charge >= 0.3 is 0 Å². The minimum atomic E-state index is -3.82. The van der Waals surface area contributed by atoms with Crippen LogP contribution < -0.4 is 9.62 Å². The molecule has 1 fully saturated rings. The molecule has 3 aromatic carbocycles. The number of hydrogen-bond donors (Lipinski definition) is 1. The zero-order chi connectivity index (χ0) is 31.0. The van der Waals surface area contributed by atoms with E-state index < -0.39 is 21.9 Å². The lowest BCUT2D eigenvalue weighted by Crippen LogP contribution is -2.52. The molecule has 0 aromatic heterocycles. The fourth-order valence-electron chi connectivity index (χ4n) is 5.39. The molecule has 3 aromatic rings. The fourth-order valence-corrected chi connectivity index (χ4v) is 6.68. The Balaban J connectivity index is 1.61. The minimum absolute atomic E-state index is 0.0526. The van der Waals surface area contributed by atoms with Gasteiger partial charge in [-0.2, -0.15) is 0 Å². The number of anilines is 1. The van der Waals surface area contributed by atoms with Gasteiger partial charge < -0.3 is 10.2 Å². The molecule has 0 aliphatic heterocycles. The van der Waals surface area contributed by atoms with Gasteiger partial charge in [-0.05, 0) is 54.7 Å². The van der Waals surface area contributed by atoms with Crippen molar-refractivity contribution in [2.75, 3.05) is 17.1 Å². The highest BCUT2D eigenvalue weighted by Gasteiger charge is 2.32. The van der Waals surface area contributed by atoms with Crippen molar-refractivity contribution in [2.45, 2.75) is 63.6 Å². The van der Waals surface area contributed by atoms with E-state index in [0.717, 1.165) is 41.8 Å². The summed E-state index contributed by atoms with van der Waals surface area (Å²) in [5, 5.41) is 3.85. The number of para-hydroxylation sites is 1. The maximum atomic E-state index is 14.5. The second-order valence-electron chi connectivity index (χ2n) is 10.9. The van der Waals surface area contributed by atoms with Crippen LogP contribution in [0.4, 0.5) is 10.1 Å². The normalized spacial score (nSPS) is 14.3. The topological polar surface area (TPSA) is 86.8 Å². The van der Waals surface area contributed by atoms with Gasteiger partial charge in [0, 0.05) is 32.0 Å². The van der Waals surface area contributed by atoms with E-state index in [9.17, 15) is 22.4 Å². The third kappa shape index (κ3) is 9.17. The smallest absolute Gasteiger partial charge is 0.243 e. The van der Waals surface area contributed by atoms with Crippen LogP contribution in [0.25, 0.3) is 0 Å². The molecule has 1 unspecified atom stereocenters. The molecule has 0 radical (unpaired) electrons. The van der Waals surface area contributed by atoms with Crippen molar-refractivity contribution in [1.29, 1.82) is 0 Å². The molecule has 4 rings (SSSR count). The van der Waals surface area contributed by atoms with Gasteiger partial charge in [-0.25, -0.2) is 12.8 Å². The molecule has 7 nitrogen and oxygen atoms in total. The molecule has 1 aliphatic rings. The Kier molecular flexibility index (Phi) is 11.5. The monoisotopic (exact) mass is 647 g/mol. The summed E-state index contributed by atoms with van der Waals surface area (Å²) in [5.74, 6) is -1.25. The van der Waals surface area contributed by atoms with Gasteiger partial charge in [0.05, 0.1) is 22.0 Å². The third-order valence-electron chi connectivity index (χ3n) is 7.58. The number of benzene rings is 3. The summed E-state index contributed by atoms with van der Waals surface area (Å²) in [6, 6.07) is 19.4. The number of halogens is 3. The fraction of sp³-hybridized carbons (Fsp3) is 0.375. The van der Waals surface area contributed by atoms with Gasteiger partial charge in [-0.3, -0.25) is 13.9 Å². The molecule has 0 saturated heterocycles. The Morgan fingerprint density at radius 3 is 2.28 bits per heavy atom. The number of carbonyl (C=O) groups excluding carboxylic acids is 2. The first kappa shape index (κ1) is 32.8. The maximum absolute atomic E-state index is 14.5. The number of hydrogen-bond acceptors (Lipinski definition) is 4. The van der Waals surface area contributed by atoms with Crippen molar-refractivity contribution in [1.82, 2.24) is 10.2 Å². The van der Waals surface area contributed by atoms with Crippen LogP contribution in [0.2, 0.25) is 10.0 Å². The molecule has 1 atom stereocenters. The van der Waals surface area contributed by atoms with E-state index >= 15 is 0 Å². The Bertz CT molecular complexity index is 1520. The number of rotatable bonds is 13. The number of nitrogens with zero attached hydrogens (tertiary/aromatic N) is 2. The van der Waals surface area contributed by atoms with Crippen LogP contribution in [0.3, 0.4) is 0 Å². The van der Waals surface area contributed by atoms with Gasteiger partial charge in [-0.1, -0.05) is 84.6 Å². The Morgan fingerprint density at radius 2 is 1.63 bits per heavy atom. The first-order valence-electron chi connectivity index (χ1n) is 14.3. The third-order valence-corrected chi connectivity index (χ3v) is 9.50. The summed E-state index contributed by atoms with van der Waals surface area (Å²) in [6.45, 7) is -0.0157. The van der Waals surface area contributed by atoms with E-state index in [1.54, 1.807) is 24.3 Å². The summed E-state index contributed by atoms with van der Waals surface area (Å²) in [7, 11) is -3.82. The van der Waals surface area contributed by atoms with Gasteiger partial charge in [0.15, 0.2) is 0 Å². The van der Waals surface area contributed by atoms with Gasteiger partial charge in [0.25, 0.3) is 0 Å². The lowest BCUT2D eigenvalue weighted by Gasteiger charge is -2.33. The second kappa shape index (κ2) is 15.0. The van der Waals surface area contributed by atoms with Crippen molar-refractivity contribution in [3.05, 3.63) is 99.8 Å². The Morgan fingerprint density at radius 1 is 0.953 bits per heavy atom. The second-order valence-corrected chi connectivity index (χ2v) is 13.6. The van der Waals surface area contributed by atoms with E-state index in [1.165, 1.54) is 23.1 Å². The van der Waals surface area contributed by atoms with Crippen LogP contribution in [0.5, 0.6) is 0 Å². The van der Waals surface area contributed by atoms with Crippen LogP contribution >= 0.6 is 23.2 Å². The highest BCUT2D eigenvalue weighted by atomic mass is 35.5. The standard InChI is InChI=1S/C32H36Cl2FN3O4S/c1-43(41,42)38(29-15-8-7-14-28(29)35)19-9-16-31(39)37(22-24-17-18-26(33)27(34)20-24)30(21-23-10-3-2-4-11-23)32(40)36-25-12-5-6-13-25/h2-4,7-8,10-11,14-15,17-18,20,25,30H,5-6,9,12-13,16,19,21-22H2,1H3,(H,36,40). The molecular formula is C32H36Cl2FN3O4S. The molecule has 0 bridgehead atoms. The van der Waals surface area contributed by atoms with Crippen molar-refractivity contribution in [2.24, 2.45) is 0 Å². The first-order valence-corrected chi connectivity index (χ1v) is 16.9. The average molecular weight is 649 g/mol. The van der Waals surface area contributed by atoms with Crippen LogP contribution in [0.1, 0.15) is 49.7 Å². The lowest BCUT2D eigenvalue weighted by atomic mass is 10.0. The number of carbonyl (C=O) groups is 2. The first-order chi connectivity index (χ1) is 20.5. The molecule has 1 N–H and O–H groups in total. The van der Waals surface area contributed by atoms with E-state index in [2.05, 4.69) is 5.32 Å². The van der Waals surface area contributed by atoms with Crippen LogP contribution in [0.15, 0.2) is 72.8 Å². The largest absolute Gasteiger partial charge is 0.352 e. The highest BCUT2D eigenvalue weighted by Crippen LogP contribution is 2.26. The lowest BCUT2D eigenvalue weighted by molar-refractivity contribution is -0.141. The summed E-state index contributed by atoms with van der Waals surface area (Å²) in [5.41, 5.74) is 1.51. The summed E-state index contributed by atoms with van der Waals surface area (Å²) in [4.78, 5) is 29.3. The minimum Gasteiger partial charge on any atom is -0.352 e. The average Bonchev–Trinajstić information content (AvgIpc) is 3.48. The molecule has 1 aliphatic carbocycles. The quantitative estimate of drug-likeness (QED) is 0.233. The van der Waals surface area contributed by atoms with Gasteiger partial charge in [0.1, 0.15) is 11.9 Å². The van der Waals surface area contributed by atoms with Crippen molar-refractivity contribution in [3.8, 4) is 0 Å². The van der Waals surface area contributed by atoms with E-state index in [1.807, 2.05) is 30.3 Å². The van der Waals surface area contributed by atoms with Gasteiger partial charge in [-0.15, -0.1) is 0 Å². The molecule has 11 heteroatoms. The molecule has 0 spiro atoms. The van der Waals surface area contributed by atoms with E-state index in [0.29, 0.717) is 15.6 Å². The number of amides is 2. The summed E-state index contributed by atoms with van der Waals surface area (Å²) in [6.07, 6.45) is 5.20.